The van der Waals surface area contributed by atoms with E-state index in [-0.39, 0.29) is 0 Å². The molecule has 0 saturated heterocycles. The molecule has 0 spiro atoms. The fourth-order valence-corrected chi connectivity index (χ4v) is 2.05. The number of rotatable bonds is 2. The van der Waals surface area contributed by atoms with E-state index in [1.807, 2.05) is 0 Å². The van der Waals surface area contributed by atoms with Crippen molar-refractivity contribution >= 4 is 0 Å². The molecular formula is C13H15. The average molecular weight is 171 g/mol. The van der Waals surface area contributed by atoms with Gasteiger partial charge in [-0.3, -0.25) is 0 Å². The zero-order chi connectivity index (χ0) is 9.26. The Hall–Kier alpha value is -1.04. The van der Waals surface area contributed by atoms with Gasteiger partial charge in [-0.25, -0.2) is 0 Å². The summed E-state index contributed by atoms with van der Waals surface area (Å²) >= 11 is 0. The van der Waals surface area contributed by atoms with Crippen LogP contribution >= 0.6 is 0 Å². The highest BCUT2D eigenvalue weighted by Gasteiger charge is 2.16. The van der Waals surface area contributed by atoms with E-state index in [0.29, 0.717) is 0 Å². The smallest absolute Gasteiger partial charge is 0.00823 e. The molecule has 0 amide bonds. The van der Waals surface area contributed by atoms with E-state index in [9.17, 15) is 0 Å². The standard InChI is InChI=1S/C13H15/c1-3-11-7-5-9-13(11)12-8-4-6-10(12)2/h4,6,9H,3,5,8H2,1-2H3. The monoisotopic (exact) mass is 171 g/mol. The van der Waals surface area contributed by atoms with Crippen LogP contribution in [0.5, 0.6) is 0 Å². The van der Waals surface area contributed by atoms with Crippen LogP contribution in [0.2, 0.25) is 0 Å². The Balaban J connectivity index is 2.29. The van der Waals surface area contributed by atoms with Crippen molar-refractivity contribution in [2.75, 3.05) is 0 Å². The first-order valence-corrected chi connectivity index (χ1v) is 4.99. The van der Waals surface area contributed by atoms with Gasteiger partial charge in [-0.15, -0.1) is 0 Å². The Morgan fingerprint density at radius 3 is 2.92 bits per heavy atom. The predicted molar refractivity (Wildman–Crippen MR) is 56.2 cm³/mol. The Morgan fingerprint density at radius 2 is 2.31 bits per heavy atom. The van der Waals surface area contributed by atoms with Crippen LogP contribution in [-0.4, -0.2) is 0 Å². The van der Waals surface area contributed by atoms with Gasteiger partial charge in [0.25, 0.3) is 0 Å². The summed E-state index contributed by atoms with van der Waals surface area (Å²) in [6.45, 7) is 4.41. The lowest BCUT2D eigenvalue weighted by molar-refractivity contribution is 1.09. The van der Waals surface area contributed by atoms with Crippen molar-refractivity contribution in [2.45, 2.75) is 33.1 Å². The average Bonchev–Trinajstić information content (AvgIpc) is 2.71. The van der Waals surface area contributed by atoms with Gasteiger partial charge in [0.2, 0.25) is 0 Å². The van der Waals surface area contributed by atoms with Gasteiger partial charge in [-0.2, -0.15) is 0 Å². The second-order valence-corrected chi connectivity index (χ2v) is 3.60. The molecule has 2 rings (SSSR count). The molecule has 0 fully saturated rings. The zero-order valence-corrected chi connectivity index (χ0v) is 8.35. The quantitative estimate of drug-likeness (QED) is 0.594. The molecule has 2 aliphatic carbocycles. The molecule has 0 atom stereocenters. The van der Waals surface area contributed by atoms with Crippen LogP contribution in [-0.2, 0) is 0 Å². The van der Waals surface area contributed by atoms with Crippen molar-refractivity contribution in [1.29, 1.82) is 0 Å². The minimum absolute atomic E-state index is 1.01. The summed E-state index contributed by atoms with van der Waals surface area (Å²) in [5, 5.41) is 0. The van der Waals surface area contributed by atoms with Crippen LogP contribution in [0.25, 0.3) is 0 Å². The lowest BCUT2D eigenvalue weighted by Crippen LogP contribution is -1.90. The van der Waals surface area contributed by atoms with Crippen molar-refractivity contribution in [3.63, 3.8) is 0 Å². The van der Waals surface area contributed by atoms with Crippen LogP contribution in [0.3, 0.4) is 0 Å². The molecule has 0 saturated carbocycles. The van der Waals surface area contributed by atoms with Gasteiger partial charge >= 0.3 is 0 Å². The minimum atomic E-state index is 1.01. The van der Waals surface area contributed by atoms with Crippen LogP contribution in [0, 0.1) is 6.08 Å². The van der Waals surface area contributed by atoms with Gasteiger partial charge in [0.05, 0.1) is 0 Å². The van der Waals surface area contributed by atoms with E-state index >= 15 is 0 Å². The first kappa shape index (κ1) is 8.55. The first-order valence-electron chi connectivity index (χ1n) is 4.99. The Bertz CT molecular complexity index is 335. The second kappa shape index (κ2) is 3.37. The fraction of sp³-hybridized carbons (Fsp3) is 0.385. The summed E-state index contributed by atoms with van der Waals surface area (Å²) in [6.07, 6.45) is 13.4. The molecule has 2 aliphatic rings. The molecule has 0 bridgehead atoms. The maximum Gasteiger partial charge on any atom is -0.00823 e. The highest BCUT2D eigenvalue weighted by atomic mass is 14.2. The summed E-state index contributed by atoms with van der Waals surface area (Å²) in [7, 11) is 0. The molecule has 0 unspecified atom stereocenters. The van der Waals surface area contributed by atoms with Crippen molar-refractivity contribution in [3.8, 4) is 0 Å². The molecule has 0 heteroatoms. The third-order valence-corrected chi connectivity index (χ3v) is 2.79. The van der Waals surface area contributed by atoms with Crippen LogP contribution in [0.4, 0.5) is 0 Å². The van der Waals surface area contributed by atoms with Crippen LogP contribution < -0.4 is 0 Å². The molecule has 0 aromatic carbocycles. The Morgan fingerprint density at radius 1 is 1.46 bits per heavy atom. The van der Waals surface area contributed by atoms with Crippen molar-refractivity contribution < 1.29 is 0 Å². The largest absolute Gasteiger partial charge is 0.0798 e. The van der Waals surface area contributed by atoms with Gasteiger partial charge in [0.1, 0.15) is 0 Å². The summed E-state index contributed by atoms with van der Waals surface area (Å²) in [5.41, 5.74) is 5.82. The van der Waals surface area contributed by atoms with Gasteiger partial charge in [0.15, 0.2) is 0 Å². The number of allylic oxidation sites excluding steroid dienone is 8. The van der Waals surface area contributed by atoms with Gasteiger partial charge in [0, 0.05) is 0 Å². The van der Waals surface area contributed by atoms with Crippen LogP contribution in [0.1, 0.15) is 33.1 Å². The van der Waals surface area contributed by atoms with Crippen molar-refractivity contribution in [2.24, 2.45) is 0 Å². The molecule has 0 aromatic rings. The third kappa shape index (κ3) is 1.41. The molecule has 0 nitrogen and oxygen atoms in total. The van der Waals surface area contributed by atoms with Crippen molar-refractivity contribution in [3.05, 3.63) is 46.6 Å². The van der Waals surface area contributed by atoms with Gasteiger partial charge in [-0.1, -0.05) is 25.2 Å². The SMILES string of the molecule is CCC1=[C]CC=C1C1=C(C)C=CC1. The molecule has 67 valence electrons. The van der Waals surface area contributed by atoms with E-state index < -0.39 is 0 Å². The maximum atomic E-state index is 3.42. The molecule has 13 heavy (non-hydrogen) atoms. The maximum absolute atomic E-state index is 3.42. The molecule has 0 aliphatic heterocycles. The minimum Gasteiger partial charge on any atom is -0.0798 e. The molecule has 0 aromatic heterocycles. The summed E-state index contributed by atoms with van der Waals surface area (Å²) in [5.74, 6) is 0. The predicted octanol–water partition coefficient (Wildman–Crippen LogP) is 3.73. The summed E-state index contributed by atoms with van der Waals surface area (Å²) in [6, 6.07) is 0. The lowest BCUT2D eigenvalue weighted by atomic mass is 9.96. The fourth-order valence-electron chi connectivity index (χ4n) is 2.05. The normalized spacial score (nSPS) is 21.1. The van der Waals surface area contributed by atoms with E-state index in [2.05, 4.69) is 38.2 Å². The Labute approximate surface area is 80.3 Å². The Kier molecular flexibility index (Phi) is 2.22. The van der Waals surface area contributed by atoms with E-state index in [4.69, 9.17) is 0 Å². The molecule has 0 N–H and O–H groups in total. The van der Waals surface area contributed by atoms with E-state index in [1.165, 1.54) is 22.3 Å². The van der Waals surface area contributed by atoms with E-state index in [1.54, 1.807) is 0 Å². The topological polar surface area (TPSA) is 0 Å². The zero-order valence-electron chi connectivity index (χ0n) is 8.35. The van der Waals surface area contributed by atoms with E-state index in [0.717, 1.165) is 19.3 Å². The highest BCUT2D eigenvalue weighted by molar-refractivity contribution is 5.55. The van der Waals surface area contributed by atoms with Crippen LogP contribution in [0.15, 0.2) is 40.5 Å². The second-order valence-electron chi connectivity index (χ2n) is 3.60. The van der Waals surface area contributed by atoms with Crippen molar-refractivity contribution in [1.82, 2.24) is 0 Å². The first-order chi connectivity index (χ1) is 6.33. The molecule has 0 heterocycles. The summed E-state index contributed by atoms with van der Waals surface area (Å²) in [4.78, 5) is 0. The lowest BCUT2D eigenvalue weighted by Gasteiger charge is -2.09. The summed E-state index contributed by atoms with van der Waals surface area (Å²) < 4.78 is 0. The number of hydrogen-bond acceptors (Lipinski definition) is 0. The number of hydrogen-bond donors (Lipinski definition) is 0. The van der Waals surface area contributed by atoms with Gasteiger partial charge < -0.3 is 0 Å². The highest BCUT2D eigenvalue weighted by Crippen LogP contribution is 2.34. The molecule has 1 radical (unpaired) electrons. The van der Waals surface area contributed by atoms with Gasteiger partial charge in [-0.05, 0) is 54.6 Å². The molecular weight excluding hydrogens is 156 g/mol. The third-order valence-electron chi connectivity index (χ3n) is 2.79.